The summed E-state index contributed by atoms with van der Waals surface area (Å²) in [5.74, 6) is 1.37. The van der Waals surface area contributed by atoms with E-state index in [1.807, 2.05) is 42.6 Å². The maximum atomic E-state index is 11.8. The van der Waals surface area contributed by atoms with Crippen LogP contribution in [-0.4, -0.2) is 34.6 Å². The fourth-order valence-electron chi connectivity index (χ4n) is 2.84. The third-order valence-corrected chi connectivity index (χ3v) is 5.74. The van der Waals surface area contributed by atoms with Crippen LogP contribution in [0.3, 0.4) is 0 Å². The third-order valence-electron chi connectivity index (χ3n) is 4.25. The van der Waals surface area contributed by atoms with Crippen molar-refractivity contribution in [3.63, 3.8) is 0 Å². The Bertz CT molecular complexity index is 914. The summed E-state index contributed by atoms with van der Waals surface area (Å²) in [5.41, 5.74) is 9.81. The van der Waals surface area contributed by atoms with Gasteiger partial charge in [-0.2, -0.15) is 11.8 Å². The molecule has 136 valence electrons. The molecule has 7 heteroatoms. The van der Waals surface area contributed by atoms with Crippen molar-refractivity contribution < 1.29 is 9.53 Å². The van der Waals surface area contributed by atoms with Crippen LogP contribution in [0, 0.1) is 6.92 Å². The second kappa shape index (κ2) is 7.97. The zero-order chi connectivity index (χ0) is 18.7. The van der Waals surface area contributed by atoms with Gasteiger partial charge in [-0.3, -0.25) is 4.79 Å². The number of ether oxygens (including phenoxy) is 1. The van der Waals surface area contributed by atoms with E-state index in [2.05, 4.69) is 10.8 Å². The summed E-state index contributed by atoms with van der Waals surface area (Å²) in [4.78, 5) is 16.5. The monoisotopic (exact) mass is 387 g/mol. The second-order valence-electron chi connectivity index (χ2n) is 5.80. The lowest BCUT2D eigenvalue weighted by Crippen LogP contribution is -2.13. The standard InChI is InChI=1S/C19H21N3O2S2/c1-12-15(18(20)23)10-17(22(12)8-9-25-3)16-11-26-19(21-16)13-4-6-14(24-2)7-5-13/h4-7,10-11H,8-9H2,1-3H3,(H2,20,23). The van der Waals surface area contributed by atoms with Crippen molar-refractivity contribution in [3.05, 3.63) is 47.0 Å². The Hall–Kier alpha value is -2.25. The average molecular weight is 388 g/mol. The number of primary amides is 1. The number of hydrogen-bond acceptors (Lipinski definition) is 5. The first-order chi connectivity index (χ1) is 12.5. The van der Waals surface area contributed by atoms with E-state index in [1.54, 1.807) is 30.2 Å². The van der Waals surface area contributed by atoms with Crippen molar-refractivity contribution in [3.8, 4) is 27.7 Å². The van der Waals surface area contributed by atoms with Crippen molar-refractivity contribution >= 4 is 29.0 Å². The Labute approximate surface area is 161 Å². The molecule has 0 bridgehead atoms. The van der Waals surface area contributed by atoms with Gasteiger partial charge in [-0.25, -0.2) is 4.98 Å². The lowest BCUT2D eigenvalue weighted by Gasteiger charge is -2.09. The molecule has 0 aliphatic carbocycles. The van der Waals surface area contributed by atoms with Gasteiger partial charge in [0.2, 0.25) is 0 Å². The molecule has 3 rings (SSSR count). The highest BCUT2D eigenvalue weighted by molar-refractivity contribution is 7.98. The van der Waals surface area contributed by atoms with Crippen LogP contribution >= 0.6 is 23.1 Å². The van der Waals surface area contributed by atoms with Gasteiger partial charge in [-0.15, -0.1) is 11.3 Å². The number of rotatable bonds is 7. The van der Waals surface area contributed by atoms with Gasteiger partial charge in [0.15, 0.2) is 0 Å². The predicted octanol–water partition coefficient (Wildman–Crippen LogP) is 4.06. The number of thioether (sulfide) groups is 1. The highest BCUT2D eigenvalue weighted by atomic mass is 32.2. The molecule has 2 aromatic heterocycles. The van der Waals surface area contributed by atoms with E-state index in [4.69, 9.17) is 15.5 Å². The number of carbonyl (C=O) groups is 1. The van der Waals surface area contributed by atoms with Crippen molar-refractivity contribution in [1.29, 1.82) is 0 Å². The molecule has 26 heavy (non-hydrogen) atoms. The molecular formula is C19H21N3O2S2. The summed E-state index contributed by atoms with van der Waals surface area (Å²) >= 11 is 3.35. The van der Waals surface area contributed by atoms with E-state index in [1.165, 1.54) is 0 Å². The number of aromatic nitrogens is 2. The summed E-state index contributed by atoms with van der Waals surface area (Å²) in [5, 5.41) is 2.95. The van der Waals surface area contributed by atoms with Crippen molar-refractivity contribution in [2.45, 2.75) is 13.5 Å². The molecule has 3 aromatic rings. The Morgan fingerprint density at radius 1 is 1.35 bits per heavy atom. The topological polar surface area (TPSA) is 70.1 Å². The zero-order valence-electron chi connectivity index (χ0n) is 15.0. The van der Waals surface area contributed by atoms with Gasteiger partial charge in [0.1, 0.15) is 10.8 Å². The molecule has 5 nitrogen and oxygen atoms in total. The fraction of sp³-hybridized carbons (Fsp3) is 0.263. The van der Waals surface area contributed by atoms with E-state index >= 15 is 0 Å². The van der Waals surface area contributed by atoms with Gasteiger partial charge < -0.3 is 15.0 Å². The minimum absolute atomic E-state index is 0.405. The minimum Gasteiger partial charge on any atom is -0.497 e. The fourth-order valence-corrected chi connectivity index (χ4v) is 4.02. The number of carbonyl (C=O) groups excluding carboxylic acids is 1. The summed E-state index contributed by atoms with van der Waals surface area (Å²) < 4.78 is 7.33. The Morgan fingerprint density at radius 2 is 2.08 bits per heavy atom. The summed E-state index contributed by atoms with van der Waals surface area (Å²) in [7, 11) is 1.65. The van der Waals surface area contributed by atoms with Crippen LogP contribution in [0.5, 0.6) is 5.75 Å². The highest BCUT2D eigenvalue weighted by Crippen LogP contribution is 2.32. The molecule has 0 aliphatic heterocycles. The Balaban J connectivity index is 1.99. The van der Waals surface area contributed by atoms with E-state index in [-0.39, 0.29) is 0 Å². The first kappa shape index (κ1) is 18.5. The predicted molar refractivity (Wildman–Crippen MR) is 109 cm³/mol. The van der Waals surface area contributed by atoms with Crippen LogP contribution in [0.4, 0.5) is 0 Å². The number of benzene rings is 1. The van der Waals surface area contributed by atoms with Gasteiger partial charge in [0.25, 0.3) is 5.91 Å². The summed E-state index contributed by atoms with van der Waals surface area (Å²) in [6.07, 6.45) is 2.07. The molecule has 0 radical (unpaired) electrons. The summed E-state index contributed by atoms with van der Waals surface area (Å²) in [6.45, 7) is 2.74. The molecular weight excluding hydrogens is 366 g/mol. The Kier molecular flexibility index (Phi) is 5.68. The van der Waals surface area contributed by atoms with E-state index < -0.39 is 5.91 Å². The number of nitrogens with zero attached hydrogens (tertiary/aromatic N) is 2. The maximum absolute atomic E-state index is 11.8. The van der Waals surface area contributed by atoms with E-state index in [9.17, 15) is 4.79 Å². The minimum atomic E-state index is -0.405. The average Bonchev–Trinajstić information content (AvgIpc) is 3.25. The normalized spacial score (nSPS) is 10.9. The number of hydrogen-bond donors (Lipinski definition) is 1. The van der Waals surface area contributed by atoms with Crippen molar-refractivity contribution in [1.82, 2.24) is 9.55 Å². The van der Waals surface area contributed by atoms with Gasteiger partial charge in [-0.05, 0) is 43.5 Å². The number of amides is 1. The largest absolute Gasteiger partial charge is 0.497 e. The molecule has 0 atom stereocenters. The molecule has 1 amide bonds. The molecule has 2 heterocycles. The lowest BCUT2D eigenvalue weighted by molar-refractivity contribution is 0.0999. The summed E-state index contributed by atoms with van der Waals surface area (Å²) in [6, 6.07) is 9.69. The van der Waals surface area contributed by atoms with Crippen molar-refractivity contribution in [2.24, 2.45) is 5.73 Å². The molecule has 0 fully saturated rings. The molecule has 1 aromatic carbocycles. The van der Waals surface area contributed by atoms with Crippen LogP contribution in [0.2, 0.25) is 0 Å². The smallest absolute Gasteiger partial charge is 0.250 e. The van der Waals surface area contributed by atoms with Crippen LogP contribution in [0.15, 0.2) is 35.7 Å². The molecule has 0 saturated heterocycles. The molecule has 0 spiro atoms. The van der Waals surface area contributed by atoms with Gasteiger partial charge in [-0.1, -0.05) is 0 Å². The lowest BCUT2D eigenvalue weighted by atomic mass is 10.2. The van der Waals surface area contributed by atoms with Crippen LogP contribution in [0.25, 0.3) is 22.0 Å². The first-order valence-electron chi connectivity index (χ1n) is 8.14. The SMILES string of the molecule is COc1ccc(-c2nc(-c3cc(C(N)=O)c(C)n3CCSC)cs2)cc1. The number of thiazole rings is 1. The van der Waals surface area contributed by atoms with Gasteiger partial charge >= 0.3 is 0 Å². The van der Waals surface area contributed by atoms with Crippen LogP contribution in [0.1, 0.15) is 16.1 Å². The third kappa shape index (κ3) is 3.64. The van der Waals surface area contributed by atoms with Crippen LogP contribution in [-0.2, 0) is 6.54 Å². The highest BCUT2D eigenvalue weighted by Gasteiger charge is 2.18. The molecule has 0 unspecified atom stereocenters. The van der Waals surface area contributed by atoms with Gasteiger partial charge in [0, 0.05) is 28.9 Å². The number of methoxy groups -OCH3 is 1. The van der Waals surface area contributed by atoms with Crippen LogP contribution < -0.4 is 10.5 Å². The molecule has 2 N–H and O–H groups in total. The van der Waals surface area contributed by atoms with Gasteiger partial charge in [0.05, 0.1) is 24.1 Å². The number of nitrogens with two attached hydrogens (primary N) is 1. The maximum Gasteiger partial charge on any atom is 0.250 e. The van der Waals surface area contributed by atoms with Crippen molar-refractivity contribution in [2.75, 3.05) is 19.1 Å². The molecule has 0 aliphatic rings. The zero-order valence-corrected chi connectivity index (χ0v) is 16.6. The second-order valence-corrected chi connectivity index (χ2v) is 7.65. The van der Waals surface area contributed by atoms with E-state index in [0.29, 0.717) is 5.56 Å². The Morgan fingerprint density at radius 3 is 2.69 bits per heavy atom. The van der Waals surface area contributed by atoms with E-state index in [0.717, 1.165) is 45.7 Å². The molecule has 0 saturated carbocycles. The quantitative estimate of drug-likeness (QED) is 0.664. The first-order valence-corrected chi connectivity index (χ1v) is 10.4.